The lowest BCUT2D eigenvalue weighted by molar-refractivity contribution is -0.113. The summed E-state index contributed by atoms with van der Waals surface area (Å²) in [4.78, 5) is 12.2. The SMILES string of the molecule is CCS(=O)(=O)Nc1ccc(-c2nnc(SCC(=O)Nc3cc(Cl)ccc3OC)o2)cc1. The molecule has 0 spiro atoms. The van der Waals surface area contributed by atoms with E-state index in [2.05, 4.69) is 20.2 Å². The van der Waals surface area contributed by atoms with Gasteiger partial charge in [0.1, 0.15) is 5.75 Å². The number of amides is 1. The van der Waals surface area contributed by atoms with Crippen molar-refractivity contribution < 1.29 is 22.4 Å². The second-order valence-electron chi connectivity index (χ2n) is 6.14. The maximum absolute atomic E-state index is 12.2. The molecule has 1 aromatic heterocycles. The maximum atomic E-state index is 12.2. The van der Waals surface area contributed by atoms with E-state index in [-0.39, 0.29) is 28.5 Å². The number of methoxy groups -OCH3 is 1. The minimum atomic E-state index is -3.35. The molecule has 164 valence electrons. The summed E-state index contributed by atoms with van der Waals surface area (Å²) in [6.45, 7) is 1.56. The summed E-state index contributed by atoms with van der Waals surface area (Å²) in [5, 5.41) is 11.3. The van der Waals surface area contributed by atoms with Crippen molar-refractivity contribution in [2.75, 3.05) is 28.7 Å². The molecule has 0 saturated heterocycles. The third kappa shape index (κ3) is 6.36. The summed E-state index contributed by atoms with van der Waals surface area (Å²) >= 11 is 7.04. The van der Waals surface area contributed by atoms with Crippen LogP contribution in [-0.2, 0) is 14.8 Å². The number of carbonyl (C=O) groups is 1. The molecule has 0 unspecified atom stereocenters. The average molecular weight is 483 g/mol. The van der Waals surface area contributed by atoms with Crippen LogP contribution in [-0.4, -0.2) is 43.1 Å². The highest BCUT2D eigenvalue weighted by Gasteiger charge is 2.14. The number of sulfonamides is 1. The van der Waals surface area contributed by atoms with Crippen molar-refractivity contribution in [3.63, 3.8) is 0 Å². The van der Waals surface area contributed by atoms with Crippen LogP contribution < -0.4 is 14.8 Å². The van der Waals surface area contributed by atoms with Gasteiger partial charge in [-0.2, -0.15) is 0 Å². The van der Waals surface area contributed by atoms with Gasteiger partial charge in [-0.05, 0) is 49.4 Å². The number of nitrogens with one attached hydrogen (secondary N) is 2. The molecule has 0 saturated carbocycles. The standard InChI is InChI=1S/C19H19ClN4O5S2/c1-3-31(26,27)24-14-7-4-12(5-8-14)18-22-23-19(29-18)30-11-17(25)21-15-10-13(20)6-9-16(15)28-2/h4-10,24H,3,11H2,1-2H3,(H,21,25). The highest BCUT2D eigenvalue weighted by Crippen LogP contribution is 2.28. The van der Waals surface area contributed by atoms with Gasteiger partial charge < -0.3 is 14.5 Å². The Labute approximate surface area is 188 Å². The van der Waals surface area contributed by atoms with Crippen molar-refractivity contribution in [1.82, 2.24) is 10.2 Å². The highest BCUT2D eigenvalue weighted by atomic mass is 35.5. The molecule has 0 aliphatic carbocycles. The monoisotopic (exact) mass is 482 g/mol. The van der Waals surface area contributed by atoms with Crippen LogP contribution >= 0.6 is 23.4 Å². The number of carbonyl (C=O) groups excluding carboxylic acids is 1. The second kappa shape index (κ2) is 10.0. The third-order valence-electron chi connectivity index (χ3n) is 3.95. The number of ether oxygens (including phenoxy) is 1. The van der Waals surface area contributed by atoms with Gasteiger partial charge in [0.05, 0.1) is 24.3 Å². The molecule has 3 aromatic rings. The zero-order valence-corrected chi connectivity index (χ0v) is 19.0. The predicted octanol–water partition coefficient (Wildman–Crippen LogP) is 3.89. The summed E-state index contributed by atoms with van der Waals surface area (Å²) in [7, 11) is -1.85. The fourth-order valence-electron chi connectivity index (χ4n) is 2.41. The minimum Gasteiger partial charge on any atom is -0.495 e. The Morgan fingerprint density at radius 2 is 1.94 bits per heavy atom. The van der Waals surface area contributed by atoms with E-state index in [1.54, 1.807) is 49.4 Å². The third-order valence-corrected chi connectivity index (χ3v) is 6.31. The molecule has 3 rings (SSSR count). The molecular formula is C19H19ClN4O5S2. The zero-order valence-electron chi connectivity index (χ0n) is 16.6. The molecule has 0 bridgehead atoms. The molecule has 0 aliphatic rings. The predicted molar refractivity (Wildman–Crippen MR) is 120 cm³/mol. The summed E-state index contributed by atoms with van der Waals surface area (Å²) in [6.07, 6.45) is 0. The molecule has 0 atom stereocenters. The van der Waals surface area contributed by atoms with Gasteiger partial charge in [0.25, 0.3) is 5.22 Å². The van der Waals surface area contributed by atoms with Gasteiger partial charge in [-0.25, -0.2) is 8.42 Å². The van der Waals surface area contributed by atoms with Crippen molar-refractivity contribution in [3.8, 4) is 17.2 Å². The van der Waals surface area contributed by atoms with Crippen molar-refractivity contribution >= 4 is 50.7 Å². The van der Waals surface area contributed by atoms with Crippen molar-refractivity contribution in [2.24, 2.45) is 0 Å². The van der Waals surface area contributed by atoms with E-state index in [1.165, 1.54) is 7.11 Å². The Balaban J connectivity index is 1.59. The summed E-state index contributed by atoms with van der Waals surface area (Å²) in [5.41, 5.74) is 1.52. The van der Waals surface area contributed by atoms with Crippen LogP contribution in [0.3, 0.4) is 0 Å². The number of nitrogens with zero attached hydrogens (tertiary/aromatic N) is 2. The number of halogens is 1. The van der Waals surface area contributed by atoms with E-state index in [1.807, 2.05) is 0 Å². The molecule has 12 heteroatoms. The molecular weight excluding hydrogens is 464 g/mol. The van der Waals surface area contributed by atoms with E-state index < -0.39 is 10.0 Å². The summed E-state index contributed by atoms with van der Waals surface area (Å²) in [6, 6.07) is 11.4. The number of benzene rings is 2. The Kier molecular flexibility index (Phi) is 7.42. The lowest BCUT2D eigenvalue weighted by atomic mass is 10.2. The first kappa shape index (κ1) is 22.9. The minimum absolute atomic E-state index is 0.0172. The number of anilines is 2. The topological polar surface area (TPSA) is 123 Å². The average Bonchev–Trinajstić information content (AvgIpc) is 3.22. The Hall–Kier alpha value is -2.76. The molecule has 9 nitrogen and oxygen atoms in total. The molecule has 2 N–H and O–H groups in total. The molecule has 2 aromatic carbocycles. The smallest absolute Gasteiger partial charge is 0.277 e. The van der Waals surface area contributed by atoms with Gasteiger partial charge in [-0.3, -0.25) is 9.52 Å². The van der Waals surface area contributed by atoms with E-state index in [4.69, 9.17) is 20.8 Å². The number of hydrogen-bond donors (Lipinski definition) is 2. The fourth-order valence-corrected chi connectivity index (χ4v) is 3.78. The van der Waals surface area contributed by atoms with Crippen LogP contribution in [0.2, 0.25) is 5.02 Å². The molecule has 1 amide bonds. The second-order valence-corrected chi connectivity index (χ2v) is 9.51. The van der Waals surface area contributed by atoms with E-state index in [0.717, 1.165) is 11.8 Å². The summed E-state index contributed by atoms with van der Waals surface area (Å²) < 4.78 is 36.5. The molecule has 0 aliphatic heterocycles. The van der Waals surface area contributed by atoms with Crippen LogP contribution in [0.1, 0.15) is 6.92 Å². The molecule has 1 heterocycles. The number of aromatic nitrogens is 2. The van der Waals surface area contributed by atoms with E-state index in [0.29, 0.717) is 27.7 Å². The van der Waals surface area contributed by atoms with Gasteiger partial charge in [0.15, 0.2) is 0 Å². The fraction of sp³-hybridized carbons (Fsp3) is 0.211. The van der Waals surface area contributed by atoms with Gasteiger partial charge in [0.2, 0.25) is 21.8 Å². The lowest BCUT2D eigenvalue weighted by Crippen LogP contribution is -2.14. The van der Waals surface area contributed by atoms with Crippen molar-refractivity contribution in [2.45, 2.75) is 12.1 Å². The molecule has 0 radical (unpaired) electrons. The normalized spacial score (nSPS) is 11.2. The van der Waals surface area contributed by atoms with Crippen molar-refractivity contribution in [1.29, 1.82) is 0 Å². The van der Waals surface area contributed by atoms with Crippen molar-refractivity contribution in [3.05, 3.63) is 47.5 Å². The Bertz CT molecular complexity index is 1170. The number of thioether (sulfide) groups is 1. The Morgan fingerprint density at radius 1 is 1.19 bits per heavy atom. The highest BCUT2D eigenvalue weighted by molar-refractivity contribution is 7.99. The van der Waals surface area contributed by atoms with E-state index in [9.17, 15) is 13.2 Å². The van der Waals surface area contributed by atoms with Gasteiger partial charge in [-0.15, -0.1) is 10.2 Å². The van der Waals surface area contributed by atoms with Gasteiger partial charge in [0, 0.05) is 16.3 Å². The van der Waals surface area contributed by atoms with Crippen LogP contribution in [0.5, 0.6) is 5.75 Å². The first-order valence-electron chi connectivity index (χ1n) is 9.00. The maximum Gasteiger partial charge on any atom is 0.277 e. The number of hydrogen-bond acceptors (Lipinski definition) is 8. The Morgan fingerprint density at radius 3 is 2.61 bits per heavy atom. The lowest BCUT2D eigenvalue weighted by Gasteiger charge is -2.09. The van der Waals surface area contributed by atoms with Crippen LogP contribution in [0.25, 0.3) is 11.5 Å². The zero-order chi connectivity index (χ0) is 22.4. The molecule has 31 heavy (non-hydrogen) atoms. The largest absolute Gasteiger partial charge is 0.495 e. The van der Waals surface area contributed by atoms with Crippen LogP contribution in [0, 0.1) is 0 Å². The van der Waals surface area contributed by atoms with Crippen LogP contribution in [0.4, 0.5) is 11.4 Å². The van der Waals surface area contributed by atoms with Crippen LogP contribution in [0.15, 0.2) is 52.1 Å². The first-order valence-corrected chi connectivity index (χ1v) is 12.0. The quantitative estimate of drug-likeness (QED) is 0.440. The van der Waals surface area contributed by atoms with Gasteiger partial charge >= 0.3 is 0 Å². The van der Waals surface area contributed by atoms with Gasteiger partial charge in [-0.1, -0.05) is 23.4 Å². The first-order chi connectivity index (χ1) is 14.8. The molecule has 0 fully saturated rings. The number of rotatable bonds is 9. The van der Waals surface area contributed by atoms with E-state index >= 15 is 0 Å². The summed E-state index contributed by atoms with van der Waals surface area (Å²) in [5.74, 6) is 0.473.